The minimum atomic E-state index is -2.49. The molecular formula is C40H49F4N3O9S. The van der Waals surface area contributed by atoms with E-state index in [-0.39, 0.29) is 48.6 Å². The van der Waals surface area contributed by atoms with Crippen molar-refractivity contribution < 1.29 is 60.9 Å². The van der Waals surface area contributed by atoms with Crippen LogP contribution in [0.3, 0.4) is 0 Å². The summed E-state index contributed by atoms with van der Waals surface area (Å²) < 4.78 is 73.9. The smallest absolute Gasteiger partial charge is 0.339 e. The van der Waals surface area contributed by atoms with Gasteiger partial charge < -0.3 is 30.9 Å². The monoisotopic (exact) mass is 823 g/mol. The number of nitrogens with one attached hydrogen (secondary N) is 2. The van der Waals surface area contributed by atoms with Crippen LogP contribution in [0.15, 0.2) is 42.0 Å². The van der Waals surface area contributed by atoms with Crippen molar-refractivity contribution in [3.63, 3.8) is 0 Å². The molecule has 4 aliphatic rings. The van der Waals surface area contributed by atoms with E-state index in [9.17, 15) is 38.3 Å². The third-order valence-electron chi connectivity index (χ3n) is 12.1. The molecule has 5 N–H and O–H groups in total. The lowest BCUT2D eigenvalue weighted by Crippen LogP contribution is -2.70. The van der Waals surface area contributed by atoms with Gasteiger partial charge in [-0.3, -0.25) is 24.0 Å². The van der Waals surface area contributed by atoms with Crippen LogP contribution in [-0.2, 0) is 33.4 Å². The number of aliphatic hydroxyl groups excluding tert-OH is 1. The molecule has 0 radical (unpaired) electrons. The first-order chi connectivity index (χ1) is 26.4. The summed E-state index contributed by atoms with van der Waals surface area (Å²) in [4.78, 5) is 78.4. The Bertz CT molecular complexity index is 1900. The average Bonchev–Trinajstić information content (AvgIpc) is 3.40. The molecule has 0 aromatic heterocycles. The molecule has 12 nitrogen and oxygen atoms in total. The number of esters is 2. The number of carbonyl (C=O) groups excluding carboxylic acids is 6. The number of anilines is 1. The van der Waals surface area contributed by atoms with Gasteiger partial charge in [0.25, 0.3) is 0 Å². The fourth-order valence-electron chi connectivity index (χ4n) is 9.31. The number of carbonyl (C=O) groups is 6. The molecule has 2 amide bonds. The second-order valence-corrected chi connectivity index (χ2v) is 17.7. The Morgan fingerprint density at radius 1 is 1.12 bits per heavy atom. The van der Waals surface area contributed by atoms with E-state index in [4.69, 9.17) is 15.2 Å². The molecule has 0 aliphatic heterocycles. The zero-order chi connectivity index (χ0) is 42.5. The number of rotatable bonds is 11. The number of nitrogens with two attached hydrogens (primary N) is 1. The van der Waals surface area contributed by atoms with Gasteiger partial charge in [-0.2, -0.15) is 0 Å². The van der Waals surface area contributed by atoms with Crippen molar-refractivity contribution in [2.24, 2.45) is 28.4 Å². The van der Waals surface area contributed by atoms with Gasteiger partial charge in [-0.05, 0) is 120 Å². The molecule has 0 bridgehead atoms. The number of ketones is 1. The van der Waals surface area contributed by atoms with Gasteiger partial charge in [-0.15, -0.1) is 0 Å². The van der Waals surface area contributed by atoms with Crippen molar-refractivity contribution in [2.75, 3.05) is 11.3 Å². The highest BCUT2D eigenvalue weighted by atomic mass is 32.2. The number of halogens is 4. The van der Waals surface area contributed by atoms with Gasteiger partial charge in [-0.25, -0.2) is 22.4 Å². The van der Waals surface area contributed by atoms with Gasteiger partial charge in [-0.1, -0.05) is 13.0 Å². The number of amides is 2. The predicted octanol–water partition coefficient (Wildman–Crippen LogP) is 5.12. The standard InChI is InChI=1S/C40H49F4N3O9S/c1-20(45)32(51)46-28(9-10-31(50)55-36(2,3)4)33(52)47-29-15-21(7-8-26(29)42)34(53)56-39(35(54)57-19-41)14-12-23-24-17-27(43)25-16-22(48)11-13-37(25,5)40(24,44)30(49)18-38(23,39)6/h7-8,11,13,15-16,20,23-24,27-28,30,49H,9-10,12,14,17-19,45H2,1-6H3,(H,46,51)(H,47,52)/t20-,23-,24-,27-,28-,30-,37-,38-,39-,40-/m0/s1. The van der Waals surface area contributed by atoms with Gasteiger partial charge in [0.15, 0.2) is 17.1 Å². The molecule has 3 fully saturated rings. The maximum Gasteiger partial charge on any atom is 0.339 e. The lowest BCUT2D eigenvalue weighted by molar-refractivity contribution is -0.219. The second kappa shape index (κ2) is 15.9. The third kappa shape index (κ3) is 7.90. The van der Waals surface area contributed by atoms with E-state index in [0.717, 1.165) is 30.4 Å². The van der Waals surface area contributed by atoms with Crippen LogP contribution in [0.1, 0.15) is 90.4 Å². The van der Waals surface area contributed by atoms with E-state index in [0.29, 0.717) is 0 Å². The van der Waals surface area contributed by atoms with Crippen molar-refractivity contribution in [3.8, 4) is 0 Å². The summed E-state index contributed by atoms with van der Waals surface area (Å²) in [6, 6.07) is -0.880. The molecule has 0 unspecified atom stereocenters. The molecule has 1 aromatic carbocycles. The van der Waals surface area contributed by atoms with Crippen LogP contribution in [0.5, 0.6) is 0 Å². The maximum atomic E-state index is 17.7. The molecule has 57 heavy (non-hydrogen) atoms. The maximum absolute atomic E-state index is 17.7. The average molecular weight is 824 g/mol. The Morgan fingerprint density at radius 3 is 2.44 bits per heavy atom. The minimum Gasteiger partial charge on any atom is -0.460 e. The van der Waals surface area contributed by atoms with E-state index in [1.54, 1.807) is 20.8 Å². The number of alkyl halides is 3. The lowest BCUT2D eigenvalue weighted by atomic mass is 9.44. The van der Waals surface area contributed by atoms with E-state index >= 15 is 13.2 Å². The van der Waals surface area contributed by atoms with Crippen LogP contribution in [0.25, 0.3) is 0 Å². The summed E-state index contributed by atoms with van der Waals surface area (Å²) in [5.74, 6) is -7.19. The van der Waals surface area contributed by atoms with Gasteiger partial charge in [0, 0.05) is 23.2 Å². The van der Waals surface area contributed by atoms with Gasteiger partial charge in [0.2, 0.25) is 16.9 Å². The summed E-state index contributed by atoms with van der Waals surface area (Å²) in [6.07, 6.45) is -1.85. The number of hydrogen-bond donors (Lipinski definition) is 4. The number of hydrogen-bond acceptors (Lipinski definition) is 11. The topological polar surface area (TPSA) is 191 Å². The molecule has 4 aliphatic carbocycles. The summed E-state index contributed by atoms with van der Waals surface area (Å²) >= 11 is 0.217. The molecule has 5 rings (SSSR count). The Kier molecular flexibility index (Phi) is 12.3. The molecule has 0 spiro atoms. The Balaban J connectivity index is 1.43. The highest BCUT2D eigenvalue weighted by Crippen LogP contribution is 2.71. The van der Waals surface area contributed by atoms with Gasteiger partial charge >= 0.3 is 11.9 Å². The minimum absolute atomic E-state index is 0.0263. The van der Waals surface area contributed by atoms with Crippen LogP contribution in [0.2, 0.25) is 0 Å². The normalized spacial score (nSPS) is 32.8. The molecule has 0 saturated heterocycles. The first-order valence-electron chi connectivity index (χ1n) is 18.7. The van der Waals surface area contributed by atoms with Crippen LogP contribution in [-0.4, -0.2) is 87.0 Å². The number of aliphatic hydroxyl groups is 1. The number of ether oxygens (including phenoxy) is 2. The van der Waals surface area contributed by atoms with Crippen LogP contribution in [0.4, 0.5) is 23.2 Å². The van der Waals surface area contributed by atoms with Gasteiger partial charge in [0.05, 0.1) is 23.4 Å². The number of benzene rings is 1. The number of allylic oxidation sites excluding steroid dienone is 4. The third-order valence-corrected chi connectivity index (χ3v) is 12.8. The molecular weight excluding hydrogens is 775 g/mol. The van der Waals surface area contributed by atoms with E-state index < -0.39 is 129 Å². The van der Waals surface area contributed by atoms with Crippen molar-refractivity contribution in [1.82, 2.24) is 5.32 Å². The van der Waals surface area contributed by atoms with Crippen molar-refractivity contribution >= 4 is 52.1 Å². The predicted molar refractivity (Wildman–Crippen MR) is 201 cm³/mol. The van der Waals surface area contributed by atoms with Crippen molar-refractivity contribution in [1.29, 1.82) is 0 Å². The summed E-state index contributed by atoms with van der Waals surface area (Å²) in [5.41, 5.74) is -4.09. The zero-order valence-electron chi connectivity index (χ0n) is 32.6. The van der Waals surface area contributed by atoms with Crippen molar-refractivity contribution in [2.45, 2.75) is 121 Å². The first kappa shape index (κ1) is 44.0. The summed E-state index contributed by atoms with van der Waals surface area (Å²) in [7, 11) is 0. The van der Waals surface area contributed by atoms with Crippen LogP contribution < -0.4 is 16.4 Å². The lowest BCUT2D eigenvalue weighted by Gasteiger charge is -2.63. The molecule has 0 heterocycles. The second-order valence-electron chi connectivity index (χ2n) is 16.8. The number of thioether (sulfide) groups is 1. The number of fused-ring (bicyclic) bond motifs is 5. The first-order valence-corrected chi connectivity index (χ1v) is 19.7. The Morgan fingerprint density at radius 2 is 1.81 bits per heavy atom. The molecule has 1 aromatic rings. The van der Waals surface area contributed by atoms with Crippen molar-refractivity contribution in [3.05, 3.63) is 53.4 Å². The van der Waals surface area contributed by atoms with E-state index in [2.05, 4.69) is 10.6 Å². The molecule has 312 valence electrons. The SMILES string of the molecule is C[C@H](N)C(=O)N[C@@H](CCC(=O)OC(C)(C)C)C(=O)Nc1cc(C(=O)O[C@]2(C(=O)SCF)CC[C@H]3[C@@H]4C[C@H](F)C5=CC(=O)C=C[C@]5(C)[C@@]4(F)[C@@H](O)C[C@@]32C)ccc1F. The fourth-order valence-corrected chi connectivity index (χ4v) is 10.0. The highest BCUT2D eigenvalue weighted by molar-refractivity contribution is 8.13. The molecule has 3 saturated carbocycles. The Labute approximate surface area is 332 Å². The summed E-state index contributed by atoms with van der Waals surface area (Å²) in [5, 5.41) is 15.5. The Hall–Kier alpha value is -4.09. The van der Waals surface area contributed by atoms with Crippen LogP contribution >= 0.6 is 11.8 Å². The van der Waals surface area contributed by atoms with Crippen LogP contribution in [0, 0.1) is 28.5 Å². The highest BCUT2D eigenvalue weighted by Gasteiger charge is 2.76. The van der Waals surface area contributed by atoms with E-state index in [1.165, 1.54) is 26.8 Å². The molecule has 10 atom stereocenters. The molecule has 17 heteroatoms. The quantitative estimate of drug-likeness (QED) is 0.171. The van der Waals surface area contributed by atoms with E-state index in [1.807, 2.05) is 0 Å². The fraction of sp³-hybridized carbons (Fsp3) is 0.600. The van der Waals surface area contributed by atoms with Gasteiger partial charge in [0.1, 0.15) is 29.6 Å². The zero-order valence-corrected chi connectivity index (χ0v) is 33.4. The largest absolute Gasteiger partial charge is 0.460 e. The summed E-state index contributed by atoms with van der Waals surface area (Å²) in [6.45, 7) is 9.24.